The molecule has 1 heterocycles. The number of nitrogens with one attached hydrogen (secondary N) is 1. The lowest BCUT2D eigenvalue weighted by molar-refractivity contribution is -0.134. The van der Waals surface area contributed by atoms with E-state index in [1.807, 2.05) is 0 Å². The van der Waals surface area contributed by atoms with Gasteiger partial charge in [0.25, 0.3) is 0 Å². The van der Waals surface area contributed by atoms with Crippen molar-refractivity contribution in [2.75, 3.05) is 5.32 Å². The van der Waals surface area contributed by atoms with Gasteiger partial charge in [0.15, 0.2) is 0 Å². The molecule has 1 N–H and O–H groups in total. The lowest BCUT2D eigenvalue weighted by Gasteiger charge is -2.02. The number of aromatic nitrogens is 2. The second kappa shape index (κ2) is 3.96. The molecule has 0 saturated heterocycles. The largest absolute Gasteiger partial charge is 0.389 e. The lowest BCUT2D eigenvalue weighted by Crippen LogP contribution is -2.09. The van der Waals surface area contributed by atoms with E-state index in [0.717, 1.165) is 24.4 Å². The minimum absolute atomic E-state index is 0.133. The summed E-state index contributed by atoms with van der Waals surface area (Å²) in [5, 5.41) is 3.73. The molecular weight excluding hydrogens is 227 g/mol. The molecule has 15 heavy (non-hydrogen) atoms. The monoisotopic (exact) mass is 237 g/mol. The molecule has 1 saturated carbocycles. The molecule has 84 valence electrons. The molecule has 1 aliphatic rings. The van der Waals surface area contributed by atoms with E-state index in [0.29, 0.717) is 11.2 Å². The number of rotatable bonds is 4. The first-order valence-corrected chi connectivity index (χ1v) is 5.46. The van der Waals surface area contributed by atoms with E-state index in [1.54, 1.807) is 0 Å². The van der Waals surface area contributed by atoms with Crippen molar-refractivity contribution >= 4 is 16.7 Å². The molecule has 0 spiro atoms. The number of nitrogens with zero attached hydrogens (tertiary/aromatic N) is 2. The molecule has 1 aromatic heterocycles. The van der Waals surface area contributed by atoms with Crippen LogP contribution in [0.4, 0.5) is 18.3 Å². The van der Waals surface area contributed by atoms with E-state index in [1.165, 1.54) is 0 Å². The molecule has 0 aliphatic heterocycles. The Morgan fingerprint density at radius 1 is 1.40 bits per heavy atom. The molecule has 2 rings (SSSR count). The molecule has 0 aromatic carbocycles. The van der Waals surface area contributed by atoms with Gasteiger partial charge < -0.3 is 5.32 Å². The van der Waals surface area contributed by atoms with E-state index in [4.69, 9.17) is 0 Å². The molecule has 0 bridgehead atoms. The van der Waals surface area contributed by atoms with Crippen LogP contribution in [0.2, 0.25) is 0 Å². The zero-order valence-corrected chi connectivity index (χ0v) is 8.66. The van der Waals surface area contributed by atoms with Crippen molar-refractivity contribution < 1.29 is 13.2 Å². The Hall–Kier alpha value is -0.850. The average Bonchev–Trinajstić information content (AvgIpc) is 2.79. The van der Waals surface area contributed by atoms with Gasteiger partial charge in [-0.3, -0.25) is 0 Å². The molecule has 1 aliphatic carbocycles. The fourth-order valence-electron chi connectivity index (χ4n) is 1.07. The van der Waals surface area contributed by atoms with Crippen molar-refractivity contribution in [3.63, 3.8) is 0 Å². The first kappa shape index (κ1) is 10.7. The maximum atomic E-state index is 11.9. The van der Waals surface area contributed by atoms with Crippen molar-refractivity contribution in [2.45, 2.75) is 37.9 Å². The lowest BCUT2D eigenvalue weighted by atomic mass is 10.3. The van der Waals surface area contributed by atoms with E-state index in [-0.39, 0.29) is 12.2 Å². The predicted octanol–water partition coefficient (Wildman–Crippen LogP) is 2.61. The Morgan fingerprint density at radius 2 is 2.13 bits per heavy atom. The molecule has 1 aromatic rings. The topological polar surface area (TPSA) is 37.8 Å². The van der Waals surface area contributed by atoms with Crippen LogP contribution < -0.4 is 5.32 Å². The number of alkyl halides is 3. The van der Waals surface area contributed by atoms with Crippen molar-refractivity contribution in [1.29, 1.82) is 0 Å². The maximum Gasteiger partial charge on any atom is 0.389 e. The van der Waals surface area contributed by atoms with Gasteiger partial charge in [-0.2, -0.15) is 17.5 Å². The smallest absolute Gasteiger partial charge is 0.358 e. The summed E-state index contributed by atoms with van der Waals surface area (Å²) in [6.45, 7) is 0. The van der Waals surface area contributed by atoms with Crippen LogP contribution in [0.3, 0.4) is 0 Å². The number of hydrogen-bond donors (Lipinski definition) is 1. The second-order valence-corrected chi connectivity index (χ2v) is 4.30. The van der Waals surface area contributed by atoms with Gasteiger partial charge >= 0.3 is 6.18 Å². The Bertz CT molecular complexity index is 332. The quantitative estimate of drug-likeness (QED) is 0.874. The highest BCUT2D eigenvalue weighted by molar-refractivity contribution is 7.09. The van der Waals surface area contributed by atoms with Gasteiger partial charge in [-0.1, -0.05) is 0 Å². The Labute approximate surface area is 88.9 Å². The standard InChI is InChI=1S/C8H10F3N3S/c9-8(10,11)4-3-6-13-7(15-14-6)12-5-1-2-5/h5H,1-4H2,(H,12,13,14). The highest BCUT2D eigenvalue weighted by Gasteiger charge is 2.27. The van der Waals surface area contributed by atoms with E-state index in [2.05, 4.69) is 14.7 Å². The van der Waals surface area contributed by atoms with Crippen LogP contribution in [0, 0.1) is 0 Å². The molecule has 0 amide bonds. The van der Waals surface area contributed by atoms with Crippen LogP contribution in [0.25, 0.3) is 0 Å². The minimum atomic E-state index is -4.13. The summed E-state index contributed by atoms with van der Waals surface area (Å²) in [7, 11) is 0. The summed E-state index contributed by atoms with van der Waals surface area (Å²) in [4.78, 5) is 3.99. The van der Waals surface area contributed by atoms with Crippen molar-refractivity contribution in [3.8, 4) is 0 Å². The average molecular weight is 237 g/mol. The first-order valence-electron chi connectivity index (χ1n) is 4.69. The first-order chi connectivity index (χ1) is 7.03. The van der Waals surface area contributed by atoms with Crippen molar-refractivity contribution in [2.24, 2.45) is 0 Å². The molecular formula is C8H10F3N3S. The molecule has 0 unspecified atom stereocenters. The van der Waals surface area contributed by atoms with Gasteiger partial charge in [-0.15, -0.1) is 0 Å². The van der Waals surface area contributed by atoms with Gasteiger partial charge in [0.05, 0.1) is 6.42 Å². The molecule has 3 nitrogen and oxygen atoms in total. The summed E-state index contributed by atoms with van der Waals surface area (Å²) >= 11 is 1.13. The van der Waals surface area contributed by atoms with Gasteiger partial charge in [-0.05, 0) is 12.8 Å². The summed E-state index contributed by atoms with van der Waals surface area (Å²) < 4.78 is 39.6. The zero-order valence-electron chi connectivity index (χ0n) is 7.84. The molecule has 0 atom stereocenters. The molecule has 1 fully saturated rings. The SMILES string of the molecule is FC(F)(F)CCc1nsc(NC2CC2)n1. The Kier molecular flexibility index (Phi) is 2.81. The van der Waals surface area contributed by atoms with Crippen LogP contribution in [0.5, 0.6) is 0 Å². The summed E-state index contributed by atoms with van der Waals surface area (Å²) in [6, 6.07) is 0.452. The fourth-order valence-corrected chi connectivity index (χ4v) is 1.76. The van der Waals surface area contributed by atoms with Crippen molar-refractivity contribution in [3.05, 3.63) is 5.82 Å². The second-order valence-electron chi connectivity index (χ2n) is 3.55. The van der Waals surface area contributed by atoms with Crippen LogP contribution >= 0.6 is 11.5 Å². The Balaban J connectivity index is 1.83. The van der Waals surface area contributed by atoms with Crippen LogP contribution in [0.1, 0.15) is 25.1 Å². The number of anilines is 1. The highest BCUT2D eigenvalue weighted by Crippen LogP contribution is 2.26. The van der Waals surface area contributed by atoms with E-state index >= 15 is 0 Å². The van der Waals surface area contributed by atoms with Gasteiger partial charge in [0.1, 0.15) is 5.82 Å². The van der Waals surface area contributed by atoms with Crippen LogP contribution in [0.15, 0.2) is 0 Å². The molecule has 7 heteroatoms. The van der Waals surface area contributed by atoms with Crippen LogP contribution in [-0.4, -0.2) is 21.6 Å². The third kappa shape index (κ3) is 3.65. The van der Waals surface area contributed by atoms with Gasteiger partial charge in [0, 0.05) is 24.0 Å². The van der Waals surface area contributed by atoms with E-state index in [9.17, 15) is 13.2 Å². The third-order valence-electron chi connectivity index (χ3n) is 2.01. The summed E-state index contributed by atoms with van der Waals surface area (Å²) in [5.41, 5.74) is 0. The summed E-state index contributed by atoms with van der Waals surface area (Å²) in [6.07, 6.45) is -2.90. The fraction of sp³-hybridized carbons (Fsp3) is 0.750. The zero-order chi connectivity index (χ0) is 10.9. The number of aryl methyl sites for hydroxylation is 1. The van der Waals surface area contributed by atoms with Crippen LogP contribution in [-0.2, 0) is 6.42 Å². The van der Waals surface area contributed by atoms with Gasteiger partial charge in [0.2, 0.25) is 5.13 Å². The van der Waals surface area contributed by atoms with Gasteiger partial charge in [-0.25, -0.2) is 4.98 Å². The highest BCUT2D eigenvalue weighted by atomic mass is 32.1. The maximum absolute atomic E-state index is 11.9. The van der Waals surface area contributed by atoms with Crippen molar-refractivity contribution in [1.82, 2.24) is 9.36 Å². The minimum Gasteiger partial charge on any atom is -0.358 e. The Morgan fingerprint density at radius 3 is 2.73 bits per heavy atom. The molecule has 0 radical (unpaired) electrons. The summed E-state index contributed by atoms with van der Waals surface area (Å²) in [5.74, 6) is 0.278. The van der Waals surface area contributed by atoms with E-state index < -0.39 is 12.6 Å². The third-order valence-corrected chi connectivity index (χ3v) is 2.69. The normalized spacial score (nSPS) is 16.7. The number of hydrogen-bond acceptors (Lipinski definition) is 4. The predicted molar refractivity (Wildman–Crippen MR) is 50.9 cm³/mol. The number of halogens is 3.